The zero-order valence-electron chi connectivity index (χ0n) is 16.1. The summed E-state index contributed by atoms with van der Waals surface area (Å²) in [4.78, 5) is 29.1. The molecule has 7 nitrogen and oxygen atoms in total. The van der Waals surface area contributed by atoms with E-state index in [-0.39, 0.29) is 11.2 Å². The van der Waals surface area contributed by atoms with Crippen LogP contribution in [0.25, 0.3) is 33.4 Å². The van der Waals surface area contributed by atoms with Crippen LogP contribution >= 0.6 is 11.3 Å². The SMILES string of the molecule is Cc1cc(-c2ccc(C=c3sc4nc5ccccc5n4c3=O)o2)c([N+](=O)[O-])cc1C. The van der Waals surface area contributed by atoms with Crippen molar-refractivity contribution in [3.05, 3.63) is 90.4 Å². The van der Waals surface area contributed by atoms with Crippen molar-refractivity contribution in [3.63, 3.8) is 0 Å². The highest BCUT2D eigenvalue weighted by molar-refractivity contribution is 7.15. The second kappa shape index (κ2) is 6.64. The molecule has 0 aliphatic heterocycles. The first-order chi connectivity index (χ1) is 14.4. The van der Waals surface area contributed by atoms with Gasteiger partial charge in [-0.25, -0.2) is 9.38 Å². The highest BCUT2D eigenvalue weighted by Crippen LogP contribution is 2.33. The van der Waals surface area contributed by atoms with E-state index in [0.29, 0.717) is 26.6 Å². The summed E-state index contributed by atoms with van der Waals surface area (Å²) in [5.74, 6) is 0.832. The van der Waals surface area contributed by atoms with Crippen LogP contribution in [0.2, 0.25) is 0 Å². The topological polar surface area (TPSA) is 90.7 Å². The van der Waals surface area contributed by atoms with E-state index < -0.39 is 4.92 Å². The maximum Gasteiger partial charge on any atom is 0.280 e. The monoisotopic (exact) mass is 417 g/mol. The molecule has 148 valence electrons. The summed E-state index contributed by atoms with van der Waals surface area (Å²) in [7, 11) is 0. The van der Waals surface area contributed by atoms with Crippen LogP contribution in [0.1, 0.15) is 16.9 Å². The number of hydrogen-bond donors (Lipinski definition) is 0. The Hall–Kier alpha value is -3.78. The van der Waals surface area contributed by atoms with Crippen LogP contribution in [0.5, 0.6) is 0 Å². The van der Waals surface area contributed by atoms with Crippen molar-refractivity contribution in [1.82, 2.24) is 9.38 Å². The average Bonchev–Trinajstić information content (AvgIpc) is 3.39. The van der Waals surface area contributed by atoms with Gasteiger partial charge in [-0.2, -0.15) is 0 Å². The van der Waals surface area contributed by atoms with Gasteiger partial charge in [-0.05, 0) is 55.3 Å². The summed E-state index contributed by atoms with van der Waals surface area (Å²) in [6.07, 6.45) is 1.65. The van der Waals surface area contributed by atoms with Crippen LogP contribution in [-0.2, 0) is 0 Å². The Bertz CT molecular complexity index is 1580. The predicted molar refractivity (Wildman–Crippen MR) is 116 cm³/mol. The molecule has 0 fully saturated rings. The molecule has 30 heavy (non-hydrogen) atoms. The average molecular weight is 417 g/mol. The maximum atomic E-state index is 12.9. The molecule has 0 N–H and O–H groups in total. The van der Waals surface area contributed by atoms with Gasteiger partial charge in [0.05, 0.1) is 21.5 Å². The summed E-state index contributed by atoms with van der Waals surface area (Å²) in [6, 6.07) is 14.2. The zero-order chi connectivity index (χ0) is 21.0. The Morgan fingerprint density at radius 3 is 2.70 bits per heavy atom. The number of para-hydroxylation sites is 2. The standard InChI is InChI=1S/C22H15N3O4S/c1-12-9-15(18(25(27)28)10-13(12)2)19-8-7-14(29-19)11-20-21(26)24-17-6-4-3-5-16(17)23-22(24)30-20/h3-11H,1-2H3. The van der Waals surface area contributed by atoms with Crippen molar-refractivity contribution in [3.8, 4) is 11.3 Å². The number of hydrogen-bond acceptors (Lipinski definition) is 6. The molecule has 0 radical (unpaired) electrons. The molecule has 5 aromatic rings. The van der Waals surface area contributed by atoms with E-state index in [2.05, 4.69) is 4.98 Å². The lowest BCUT2D eigenvalue weighted by molar-refractivity contribution is -0.384. The van der Waals surface area contributed by atoms with E-state index in [1.165, 1.54) is 11.3 Å². The van der Waals surface area contributed by atoms with Crippen molar-refractivity contribution in [2.45, 2.75) is 13.8 Å². The molecule has 0 bridgehead atoms. The smallest absolute Gasteiger partial charge is 0.280 e. The molecule has 3 aromatic heterocycles. The van der Waals surface area contributed by atoms with Crippen LogP contribution in [0, 0.1) is 24.0 Å². The summed E-state index contributed by atoms with van der Waals surface area (Å²) < 4.78 is 7.92. The minimum Gasteiger partial charge on any atom is -0.456 e. The number of furan rings is 1. The Morgan fingerprint density at radius 2 is 1.90 bits per heavy atom. The van der Waals surface area contributed by atoms with Crippen molar-refractivity contribution in [2.24, 2.45) is 0 Å². The molecular formula is C22H15N3O4S. The Labute approximate surface area is 173 Å². The molecule has 0 unspecified atom stereocenters. The molecule has 0 atom stereocenters. The molecule has 0 aliphatic carbocycles. The third-order valence-corrected chi connectivity index (χ3v) is 6.09. The van der Waals surface area contributed by atoms with Crippen LogP contribution in [-0.4, -0.2) is 14.3 Å². The number of benzene rings is 2. The van der Waals surface area contributed by atoms with Gasteiger partial charge in [-0.15, -0.1) is 0 Å². The fourth-order valence-corrected chi connectivity index (χ4v) is 4.43. The third-order valence-electron chi connectivity index (χ3n) is 5.12. The van der Waals surface area contributed by atoms with Gasteiger partial charge in [0.2, 0.25) is 0 Å². The molecule has 0 spiro atoms. The maximum absolute atomic E-state index is 12.9. The summed E-state index contributed by atoms with van der Waals surface area (Å²) in [6.45, 7) is 3.73. The van der Waals surface area contributed by atoms with E-state index in [4.69, 9.17) is 4.42 Å². The molecule has 0 aliphatic rings. The largest absolute Gasteiger partial charge is 0.456 e. The number of aryl methyl sites for hydroxylation is 2. The first kappa shape index (κ1) is 18.3. The van der Waals surface area contributed by atoms with Crippen LogP contribution in [0.15, 0.2) is 57.7 Å². The molecule has 0 saturated heterocycles. The van der Waals surface area contributed by atoms with E-state index >= 15 is 0 Å². The lowest BCUT2D eigenvalue weighted by Crippen LogP contribution is -2.22. The fraction of sp³-hybridized carbons (Fsp3) is 0.0909. The number of imidazole rings is 1. The molecular weight excluding hydrogens is 402 g/mol. The number of aromatic nitrogens is 2. The Morgan fingerprint density at radius 1 is 1.13 bits per heavy atom. The van der Waals surface area contributed by atoms with Crippen molar-refractivity contribution in [2.75, 3.05) is 0 Å². The first-order valence-electron chi connectivity index (χ1n) is 9.20. The van der Waals surface area contributed by atoms with Gasteiger partial charge in [-0.1, -0.05) is 23.5 Å². The third kappa shape index (κ3) is 2.81. The molecule has 0 saturated carbocycles. The fourth-order valence-electron chi connectivity index (χ4n) is 3.47. The van der Waals surface area contributed by atoms with Gasteiger partial charge < -0.3 is 4.42 Å². The van der Waals surface area contributed by atoms with Crippen LogP contribution in [0.4, 0.5) is 5.69 Å². The van der Waals surface area contributed by atoms with E-state index in [9.17, 15) is 14.9 Å². The second-order valence-electron chi connectivity index (χ2n) is 7.05. The number of nitro benzene ring substituents is 1. The summed E-state index contributed by atoms with van der Waals surface area (Å²) >= 11 is 1.28. The predicted octanol–water partition coefficient (Wildman–Crippen LogP) is 4.24. The number of fused-ring (bicyclic) bond motifs is 3. The lowest BCUT2D eigenvalue weighted by Gasteiger charge is -2.04. The molecule has 0 amide bonds. The van der Waals surface area contributed by atoms with Crippen molar-refractivity contribution < 1.29 is 9.34 Å². The van der Waals surface area contributed by atoms with Crippen molar-refractivity contribution in [1.29, 1.82) is 0 Å². The van der Waals surface area contributed by atoms with Gasteiger partial charge in [0.1, 0.15) is 16.1 Å². The van der Waals surface area contributed by atoms with Gasteiger partial charge in [-0.3, -0.25) is 14.9 Å². The second-order valence-corrected chi connectivity index (χ2v) is 8.06. The number of nitrogens with zero attached hydrogens (tertiary/aromatic N) is 3. The summed E-state index contributed by atoms with van der Waals surface area (Å²) in [5.41, 5.74) is 3.55. The number of rotatable bonds is 3. The van der Waals surface area contributed by atoms with Crippen LogP contribution in [0.3, 0.4) is 0 Å². The quantitative estimate of drug-likeness (QED) is 0.323. The molecule has 3 heterocycles. The van der Waals surface area contributed by atoms with E-state index in [1.807, 2.05) is 38.1 Å². The normalized spacial score (nSPS) is 12.3. The minimum atomic E-state index is -0.414. The van der Waals surface area contributed by atoms with E-state index in [1.54, 1.807) is 34.7 Å². The molecule has 8 heteroatoms. The van der Waals surface area contributed by atoms with Crippen molar-refractivity contribution >= 4 is 39.1 Å². The van der Waals surface area contributed by atoms with Gasteiger partial charge in [0, 0.05) is 12.1 Å². The Kier molecular flexibility index (Phi) is 4.04. The zero-order valence-corrected chi connectivity index (χ0v) is 16.9. The van der Waals surface area contributed by atoms with Gasteiger partial charge in [0.15, 0.2) is 4.96 Å². The molecule has 5 rings (SSSR count). The summed E-state index contributed by atoms with van der Waals surface area (Å²) in [5, 5.41) is 11.5. The van der Waals surface area contributed by atoms with Gasteiger partial charge >= 0.3 is 0 Å². The van der Waals surface area contributed by atoms with Crippen LogP contribution < -0.4 is 10.1 Å². The number of thiazole rings is 1. The first-order valence-corrected chi connectivity index (χ1v) is 10.0. The minimum absolute atomic E-state index is 0.00965. The highest BCUT2D eigenvalue weighted by atomic mass is 32.1. The highest BCUT2D eigenvalue weighted by Gasteiger charge is 2.20. The lowest BCUT2D eigenvalue weighted by atomic mass is 10.0. The molecule has 2 aromatic carbocycles. The van der Waals surface area contributed by atoms with Gasteiger partial charge in [0.25, 0.3) is 11.2 Å². The Balaban J connectivity index is 1.63. The van der Waals surface area contributed by atoms with E-state index in [0.717, 1.165) is 22.2 Å². The number of nitro groups is 1.